The highest BCUT2D eigenvalue weighted by atomic mass is 16.6. The fourth-order valence-electron chi connectivity index (χ4n) is 3.57. The van der Waals surface area contributed by atoms with E-state index in [0.29, 0.717) is 11.1 Å². The van der Waals surface area contributed by atoms with E-state index in [9.17, 15) is 30.3 Å². The number of hydrogen-bond acceptors (Lipinski definition) is 9. The molecule has 0 spiro atoms. The summed E-state index contributed by atoms with van der Waals surface area (Å²) in [5, 5.41) is 31.8. The third-order valence-electron chi connectivity index (χ3n) is 5.11. The number of esters is 1. The number of benzene rings is 3. The smallest absolute Gasteiger partial charge is 0.343 e. The number of allylic oxidation sites excluding steroid dienone is 1. The van der Waals surface area contributed by atoms with Crippen LogP contribution in [0.4, 0.5) is 11.4 Å². The van der Waals surface area contributed by atoms with E-state index in [-0.39, 0.29) is 39.9 Å². The average molecular weight is 458 g/mol. The van der Waals surface area contributed by atoms with E-state index in [1.165, 1.54) is 48.5 Å². The third-order valence-corrected chi connectivity index (χ3v) is 5.11. The number of nitrogens with zero attached hydrogens (tertiary/aromatic N) is 3. The molecular formula is C23H14N4O7. The molecule has 4 rings (SSSR count). The highest BCUT2D eigenvalue weighted by Crippen LogP contribution is 2.44. The minimum atomic E-state index is -0.823. The molecule has 11 nitrogen and oxygen atoms in total. The number of non-ortho nitro benzene ring substituents is 2. The van der Waals surface area contributed by atoms with Crippen LogP contribution in [0, 0.1) is 31.6 Å². The van der Waals surface area contributed by atoms with Gasteiger partial charge in [0, 0.05) is 35.9 Å². The van der Waals surface area contributed by atoms with Gasteiger partial charge in [-0.05, 0) is 17.7 Å². The van der Waals surface area contributed by atoms with Gasteiger partial charge in [-0.15, -0.1) is 0 Å². The Morgan fingerprint density at radius 1 is 1.00 bits per heavy atom. The first-order valence-electron chi connectivity index (χ1n) is 9.71. The Kier molecular flexibility index (Phi) is 5.63. The average Bonchev–Trinajstić information content (AvgIpc) is 2.83. The Morgan fingerprint density at radius 3 is 2.35 bits per heavy atom. The van der Waals surface area contributed by atoms with Gasteiger partial charge in [0.15, 0.2) is 0 Å². The third kappa shape index (κ3) is 4.11. The number of nitro benzene ring substituents is 2. The number of rotatable bonds is 5. The van der Waals surface area contributed by atoms with Crippen molar-refractivity contribution in [1.29, 1.82) is 5.26 Å². The van der Waals surface area contributed by atoms with Crippen molar-refractivity contribution in [3.63, 3.8) is 0 Å². The van der Waals surface area contributed by atoms with Gasteiger partial charge in [0.1, 0.15) is 23.1 Å². The quantitative estimate of drug-likeness (QED) is 0.257. The van der Waals surface area contributed by atoms with Crippen LogP contribution in [0.1, 0.15) is 27.4 Å². The van der Waals surface area contributed by atoms with Crippen molar-refractivity contribution in [2.24, 2.45) is 5.73 Å². The zero-order chi connectivity index (χ0) is 24.4. The monoisotopic (exact) mass is 458 g/mol. The van der Waals surface area contributed by atoms with Crippen LogP contribution in [0.25, 0.3) is 0 Å². The van der Waals surface area contributed by atoms with Crippen LogP contribution in [0.5, 0.6) is 11.5 Å². The van der Waals surface area contributed by atoms with Crippen molar-refractivity contribution in [3.05, 3.63) is 115 Å². The van der Waals surface area contributed by atoms with Crippen molar-refractivity contribution in [3.8, 4) is 17.6 Å². The fraction of sp³-hybridized carbons (Fsp3) is 0.0435. The van der Waals surface area contributed by atoms with E-state index in [2.05, 4.69) is 0 Å². The molecule has 0 saturated carbocycles. The first kappa shape index (κ1) is 22.0. The molecule has 11 heteroatoms. The van der Waals surface area contributed by atoms with Gasteiger partial charge in [-0.1, -0.05) is 24.3 Å². The SMILES string of the molecule is N#CC1=C(N)Oc2cc(OC(=O)c3cccc([N+](=O)[O-])c3)ccc2C1c1cccc([N+](=O)[O-])c1. The molecule has 168 valence electrons. The highest BCUT2D eigenvalue weighted by molar-refractivity contribution is 5.91. The Hall–Kier alpha value is -5.24. The summed E-state index contributed by atoms with van der Waals surface area (Å²) in [5.41, 5.74) is 6.54. The second-order valence-electron chi connectivity index (χ2n) is 7.17. The predicted octanol–water partition coefficient (Wildman–Crippen LogP) is 3.94. The minimum absolute atomic E-state index is 0.0199. The molecule has 0 amide bonds. The number of carbonyl (C=O) groups is 1. The lowest BCUT2D eigenvalue weighted by molar-refractivity contribution is -0.385. The van der Waals surface area contributed by atoms with E-state index in [1.807, 2.05) is 6.07 Å². The molecule has 3 aromatic carbocycles. The molecule has 0 aromatic heterocycles. The van der Waals surface area contributed by atoms with Gasteiger partial charge in [-0.2, -0.15) is 5.26 Å². The molecular weight excluding hydrogens is 444 g/mol. The van der Waals surface area contributed by atoms with Crippen molar-refractivity contribution in [2.75, 3.05) is 0 Å². The summed E-state index contributed by atoms with van der Waals surface area (Å²) >= 11 is 0. The standard InChI is InChI=1S/C23H14N4O7/c24-12-19-21(13-3-1-5-15(9-13)26(29)30)18-8-7-17(11-20(18)34-22(19)25)33-23(28)14-4-2-6-16(10-14)27(31)32/h1-11,21H,25H2. The number of hydrogen-bond donors (Lipinski definition) is 1. The maximum atomic E-state index is 12.5. The largest absolute Gasteiger partial charge is 0.440 e. The van der Waals surface area contributed by atoms with Gasteiger partial charge in [-0.25, -0.2) is 4.79 Å². The molecule has 2 N–H and O–H groups in total. The number of ether oxygens (including phenoxy) is 2. The highest BCUT2D eigenvalue weighted by Gasteiger charge is 2.32. The second kappa shape index (κ2) is 8.71. The molecule has 1 aliphatic heterocycles. The Balaban J connectivity index is 1.69. The van der Waals surface area contributed by atoms with E-state index >= 15 is 0 Å². The lowest BCUT2D eigenvalue weighted by Gasteiger charge is -2.26. The number of nitro groups is 2. The van der Waals surface area contributed by atoms with E-state index in [4.69, 9.17) is 15.2 Å². The lowest BCUT2D eigenvalue weighted by atomic mass is 9.83. The lowest BCUT2D eigenvalue weighted by Crippen LogP contribution is -2.21. The van der Waals surface area contributed by atoms with Gasteiger partial charge in [0.25, 0.3) is 11.4 Å². The molecule has 3 aromatic rings. The van der Waals surface area contributed by atoms with Crippen LogP contribution < -0.4 is 15.2 Å². The molecule has 1 unspecified atom stereocenters. The molecule has 1 aliphatic rings. The summed E-state index contributed by atoms with van der Waals surface area (Å²) in [4.78, 5) is 33.5. The van der Waals surface area contributed by atoms with Crippen LogP contribution in [0.3, 0.4) is 0 Å². The maximum absolute atomic E-state index is 12.5. The zero-order valence-electron chi connectivity index (χ0n) is 17.2. The first-order valence-corrected chi connectivity index (χ1v) is 9.71. The van der Waals surface area contributed by atoms with Crippen molar-refractivity contribution < 1.29 is 24.1 Å². The van der Waals surface area contributed by atoms with E-state index in [0.717, 1.165) is 6.07 Å². The van der Waals surface area contributed by atoms with Gasteiger partial charge in [-0.3, -0.25) is 20.2 Å². The van der Waals surface area contributed by atoms with Crippen molar-refractivity contribution in [1.82, 2.24) is 0 Å². The van der Waals surface area contributed by atoms with Gasteiger partial charge in [0.2, 0.25) is 5.88 Å². The molecule has 0 bridgehead atoms. The van der Waals surface area contributed by atoms with Gasteiger partial charge >= 0.3 is 5.97 Å². The number of fused-ring (bicyclic) bond motifs is 1. The zero-order valence-corrected chi connectivity index (χ0v) is 17.2. The molecule has 1 atom stereocenters. The van der Waals surface area contributed by atoms with Crippen LogP contribution in [-0.2, 0) is 0 Å². The van der Waals surface area contributed by atoms with E-state index < -0.39 is 21.7 Å². The Labute approximate surface area is 191 Å². The molecule has 1 heterocycles. The predicted molar refractivity (Wildman–Crippen MR) is 117 cm³/mol. The van der Waals surface area contributed by atoms with E-state index in [1.54, 1.807) is 12.1 Å². The Morgan fingerprint density at radius 2 is 1.68 bits per heavy atom. The molecule has 0 saturated heterocycles. The van der Waals surface area contributed by atoms with Gasteiger partial charge in [0.05, 0.1) is 21.3 Å². The fourth-order valence-corrected chi connectivity index (χ4v) is 3.57. The first-order chi connectivity index (χ1) is 16.3. The number of carbonyl (C=O) groups excluding carboxylic acids is 1. The second-order valence-corrected chi connectivity index (χ2v) is 7.17. The van der Waals surface area contributed by atoms with Crippen LogP contribution in [0.15, 0.2) is 78.2 Å². The molecule has 0 aliphatic carbocycles. The summed E-state index contributed by atoms with van der Waals surface area (Å²) < 4.78 is 10.9. The molecule has 0 radical (unpaired) electrons. The van der Waals surface area contributed by atoms with Crippen molar-refractivity contribution >= 4 is 17.3 Å². The molecule has 34 heavy (non-hydrogen) atoms. The number of nitriles is 1. The number of nitrogens with two attached hydrogens (primary N) is 1. The Bertz CT molecular complexity index is 1420. The summed E-state index contributed by atoms with van der Waals surface area (Å²) in [6, 6.07) is 17.3. The summed E-state index contributed by atoms with van der Waals surface area (Å²) in [7, 11) is 0. The van der Waals surface area contributed by atoms with Crippen molar-refractivity contribution in [2.45, 2.75) is 5.92 Å². The molecule has 0 fully saturated rings. The minimum Gasteiger partial charge on any atom is -0.440 e. The normalized spacial score (nSPS) is 14.4. The van der Waals surface area contributed by atoms with Crippen LogP contribution in [-0.4, -0.2) is 15.8 Å². The summed E-state index contributed by atoms with van der Waals surface area (Å²) in [6.45, 7) is 0. The van der Waals surface area contributed by atoms with Gasteiger partial charge < -0.3 is 15.2 Å². The van der Waals surface area contributed by atoms with Crippen LogP contribution in [0.2, 0.25) is 0 Å². The van der Waals surface area contributed by atoms with Crippen LogP contribution >= 0.6 is 0 Å². The maximum Gasteiger partial charge on any atom is 0.343 e. The topological polar surface area (TPSA) is 172 Å². The summed E-state index contributed by atoms with van der Waals surface area (Å²) in [6.07, 6.45) is 0. The summed E-state index contributed by atoms with van der Waals surface area (Å²) in [5.74, 6) is -1.49.